The van der Waals surface area contributed by atoms with Crippen LogP contribution in [0.3, 0.4) is 0 Å². The van der Waals surface area contributed by atoms with E-state index >= 15 is 0 Å². The Morgan fingerprint density at radius 2 is 1.85 bits per heavy atom. The summed E-state index contributed by atoms with van der Waals surface area (Å²) in [6.07, 6.45) is 7.48. The Morgan fingerprint density at radius 3 is 2.58 bits per heavy atom. The number of benzene rings is 1. The first-order chi connectivity index (χ1) is 12.6. The van der Waals surface area contributed by atoms with Crippen molar-refractivity contribution >= 4 is 46.2 Å². The van der Waals surface area contributed by atoms with E-state index in [1.807, 2.05) is 41.3 Å². The van der Waals surface area contributed by atoms with E-state index in [4.69, 9.17) is 12.2 Å². The highest BCUT2D eigenvalue weighted by atomic mass is 32.2. The zero-order valence-corrected chi connectivity index (χ0v) is 16.5. The number of carbonyl (C=O) groups is 2. The standard InChI is InChI=1S/C20H24N2O2S2/c23-18(21-12-7-8-13-21)11-5-2-6-14-22-19(24)17(26-20(22)25)15-16-9-3-1-4-10-16/h1,3-4,9-10,15H,2,5-8,11-14H2/b17-15+. The summed E-state index contributed by atoms with van der Waals surface area (Å²) in [5.41, 5.74) is 1.01. The number of hydrogen-bond donors (Lipinski definition) is 0. The quantitative estimate of drug-likeness (QED) is 0.401. The molecular weight excluding hydrogens is 364 g/mol. The van der Waals surface area contributed by atoms with Gasteiger partial charge >= 0.3 is 0 Å². The highest BCUT2D eigenvalue weighted by Gasteiger charge is 2.31. The van der Waals surface area contributed by atoms with Crippen molar-refractivity contribution in [3.63, 3.8) is 0 Å². The SMILES string of the molecule is O=C(CCCCCN1C(=O)/C(=C\c2ccccc2)SC1=S)N1CCCC1. The number of unbranched alkanes of at least 4 members (excludes halogenated alkanes) is 2. The molecule has 2 heterocycles. The van der Waals surface area contributed by atoms with Gasteiger partial charge in [0, 0.05) is 26.1 Å². The number of thioether (sulfide) groups is 1. The lowest BCUT2D eigenvalue weighted by molar-refractivity contribution is -0.130. The van der Waals surface area contributed by atoms with Gasteiger partial charge in [-0.2, -0.15) is 0 Å². The first-order valence-corrected chi connectivity index (χ1v) is 10.5. The smallest absolute Gasteiger partial charge is 0.266 e. The summed E-state index contributed by atoms with van der Waals surface area (Å²) >= 11 is 6.74. The molecule has 1 aromatic rings. The van der Waals surface area contributed by atoms with Gasteiger partial charge in [-0.3, -0.25) is 14.5 Å². The minimum atomic E-state index is -0.00278. The molecule has 0 aromatic heterocycles. The van der Waals surface area contributed by atoms with Crippen LogP contribution in [0.5, 0.6) is 0 Å². The summed E-state index contributed by atoms with van der Waals surface area (Å²) in [4.78, 5) is 28.9. The van der Waals surface area contributed by atoms with Crippen LogP contribution in [0.2, 0.25) is 0 Å². The second-order valence-corrected chi connectivity index (χ2v) is 8.32. The van der Waals surface area contributed by atoms with E-state index in [0.717, 1.165) is 50.8 Å². The molecule has 26 heavy (non-hydrogen) atoms. The van der Waals surface area contributed by atoms with Crippen LogP contribution in [0.15, 0.2) is 35.2 Å². The third-order valence-corrected chi connectivity index (χ3v) is 6.08. The lowest BCUT2D eigenvalue weighted by Gasteiger charge is -2.16. The number of rotatable bonds is 7. The van der Waals surface area contributed by atoms with E-state index < -0.39 is 0 Å². The van der Waals surface area contributed by atoms with Crippen LogP contribution in [-0.2, 0) is 9.59 Å². The number of hydrogen-bond acceptors (Lipinski definition) is 4. The Balaban J connectivity index is 1.42. The Bertz CT molecular complexity index is 697. The van der Waals surface area contributed by atoms with E-state index in [2.05, 4.69) is 0 Å². The normalized spacial score (nSPS) is 19.0. The van der Waals surface area contributed by atoms with Crippen molar-refractivity contribution in [1.29, 1.82) is 0 Å². The van der Waals surface area contributed by atoms with Crippen molar-refractivity contribution in [3.05, 3.63) is 40.8 Å². The summed E-state index contributed by atoms with van der Waals surface area (Å²) in [5, 5.41) is 0. The van der Waals surface area contributed by atoms with Crippen LogP contribution >= 0.6 is 24.0 Å². The third kappa shape index (κ3) is 4.95. The number of amides is 2. The van der Waals surface area contributed by atoms with Gasteiger partial charge in [-0.05, 0) is 37.3 Å². The molecule has 3 rings (SSSR count). The van der Waals surface area contributed by atoms with Gasteiger partial charge in [0.05, 0.1) is 4.91 Å². The molecule has 2 aliphatic heterocycles. The molecule has 0 bridgehead atoms. The van der Waals surface area contributed by atoms with Crippen LogP contribution in [-0.4, -0.2) is 45.6 Å². The Hall–Kier alpha value is -1.66. The Morgan fingerprint density at radius 1 is 1.12 bits per heavy atom. The predicted molar refractivity (Wildman–Crippen MR) is 111 cm³/mol. The molecule has 1 aromatic carbocycles. The molecule has 0 atom stereocenters. The van der Waals surface area contributed by atoms with Crippen molar-refractivity contribution in [2.75, 3.05) is 19.6 Å². The summed E-state index contributed by atoms with van der Waals surface area (Å²) < 4.78 is 0.630. The van der Waals surface area contributed by atoms with Gasteiger partial charge < -0.3 is 4.90 Å². The Kier molecular flexibility index (Phi) is 6.86. The zero-order valence-electron chi connectivity index (χ0n) is 14.9. The molecule has 4 nitrogen and oxygen atoms in total. The number of likely N-dealkylation sites (tertiary alicyclic amines) is 1. The monoisotopic (exact) mass is 388 g/mol. The fraction of sp³-hybridized carbons (Fsp3) is 0.450. The third-order valence-electron chi connectivity index (χ3n) is 4.70. The van der Waals surface area contributed by atoms with Crippen LogP contribution in [0, 0.1) is 0 Å². The van der Waals surface area contributed by atoms with Crippen LogP contribution < -0.4 is 0 Å². The van der Waals surface area contributed by atoms with E-state index in [1.54, 1.807) is 4.90 Å². The fourth-order valence-corrected chi connectivity index (χ4v) is 4.55. The minimum Gasteiger partial charge on any atom is -0.343 e. The van der Waals surface area contributed by atoms with Crippen LogP contribution in [0.1, 0.15) is 44.1 Å². The molecule has 0 spiro atoms. The van der Waals surface area contributed by atoms with Crippen molar-refractivity contribution in [3.8, 4) is 0 Å². The second-order valence-electron chi connectivity index (χ2n) is 6.64. The van der Waals surface area contributed by atoms with Gasteiger partial charge in [-0.15, -0.1) is 0 Å². The molecule has 0 unspecified atom stereocenters. The lowest BCUT2D eigenvalue weighted by Crippen LogP contribution is -2.29. The van der Waals surface area contributed by atoms with Gasteiger partial charge in [-0.25, -0.2) is 0 Å². The van der Waals surface area contributed by atoms with Gasteiger partial charge in [0.2, 0.25) is 5.91 Å². The molecule has 0 saturated carbocycles. The highest BCUT2D eigenvalue weighted by Crippen LogP contribution is 2.32. The second kappa shape index (κ2) is 9.33. The summed E-state index contributed by atoms with van der Waals surface area (Å²) in [7, 11) is 0. The molecule has 0 N–H and O–H groups in total. The summed E-state index contributed by atoms with van der Waals surface area (Å²) in [6.45, 7) is 2.47. The summed E-state index contributed by atoms with van der Waals surface area (Å²) in [5.74, 6) is 0.274. The molecule has 2 amide bonds. The fourth-order valence-electron chi connectivity index (χ4n) is 3.24. The maximum absolute atomic E-state index is 12.6. The number of carbonyl (C=O) groups excluding carboxylic acids is 2. The lowest BCUT2D eigenvalue weighted by atomic mass is 10.1. The van der Waals surface area contributed by atoms with Gasteiger partial charge in [-0.1, -0.05) is 60.7 Å². The summed E-state index contributed by atoms with van der Waals surface area (Å²) in [6, 6.07) is 9.82. The molecule has 2 aliphatic rings. The minimum absolute atomic E-state index is 0.00278. The highest BCUT2D eigenvalue weighted by molar-refractivity contribution is 8.26. The van der Waals surface area contributed by atoms with E-state index in [-0.39, 0.29) is 11.8 Å². The van der Waals surface area contributed by atoms with Crippen molar-refractivity contribution in [2.45, 2.75) is 38.5 Å². The first-order valence-electron chi connectivity index (χ1n) is 9.23. The predicted octanol–water partition coefficient (Wildman–Crippen LogP) is 4.07. The largest absolute Gasteiger partial charge is 0.343 e. The maximum atomic E-state index is 12.6. The van der Waals surface area contributed by atoms with Crippen molar-refractivity contribution in [2.24, 2.45) is 0 Å². The topological polar surface area (TPSA) is 40.6 Å². The molecule has 138 valence electrons. The molecule has 2 fully saturated rings. The molecular formula is C20H24N2O2S2. The maximum Gasteiger partial charge on any atom is 0.266 e. The first kappa shape index (κ1) is 19.1. The molecule has 6 heteroatoms. The number of thiocarbonyl (C=S) groups is 1. The average molecular weight is 389 g/mol. The Labute approximate surface area is 164 Å². The van der Waals surface area contributed by atoms with Gasteiger partial charge in [0.15, 0.2) is 0 Å². The van der Waals surface area contributed by atoms with Crippen molar-refractivity contribution in [1.82, 2.24) is 9.80 Å². The molecule has 0 aliphatic carbocycles. The van der Waals surface area contributed by atoms with E-state index in [9.17, 15) is 9.59 Å². The van der Waals surface area contributed by atoms with Crippen LogP contribution in [0.4, 0.5) is 0 Å². The number of nitrogens with zero attached hydrogens (tertiary/aromatic N) is 2. The van der Waals surface area contributed by atoms with Gasteiger partial charge in [0.1, 0.15) is 4.32 Å². The van der Waals surface area contributed by atoms with E-state index in [1.165, 1.54) is 11.8 Å². The molecule has 2 saturated heterocycles. The van der Waals surface area contributed by atoms with E-state index in [0.29, 0.717) is 22.2 Å². The zero-order chi connectivity index (χ0) is 18.4. The van der Waals surface area contributed by atoms with Crippen LogP contribution in [0.25, 0.3) is 6.08 Å². The average Bonchev–Trinajstić information content (AvgIpc) is 3.26. The van der Waals surface area contributed by atoms with Gasteiger partial charge in [0.25, 0.3) is 5.91 Å². The van der Waals surface area contributed by atoms with Crippen molar-refractivity contribution < 1.29 is 9.59 Å². The molecule has 0 radical (unpaired) electrons.